The summed E-state index contributed by atoms with van der Waals surface area (Å²) in [4.78, 5) is 0. The van der Waals surface area contributed by atoms with Crippen LogP contribution in [0.1, 0.15) is 19.4 Å². The summed E-state index contributed by atoms with van der Waals surface area (Å²) in [6.45, 7) is 4.98. The van der Waals surface area contributed by atoms with E-state index in [2.05, 4.69) is 54.0 Å². The van der Waals surface area contributed by atoms with Crippen molar-refractivity contribution in [1.29, 1.82) is 0 Å². The van der Waals surface area contributed by atoms with E-state index in [0.29, 0.717) is 6.10 Å². The maximum atomic E-state index is 5.47. The lowest BCUT2D eigenvalue weighted by molar-refractivity contribution is 0.0920. The van der Waals surface area contributed by atoms with Crippen molar-refractivity contribution in [3.05, 3.63) is 34.3 Å². The van der Waals surface area contributed by atoms with Crippen LogP contribution in [0.3, 0.4) is 0 Å². The normalized spacial score (nSPS) is 10.9. The smallest absolute Gasteiger partial charge is 0.0560 e. The van der Waals surface area contributed by atoms with E-state index in [-0.39, 0.29) is 0 Å². The Balaban J connectivity index is 2.12. The average molecular weight is 289 g/mol. The van der Waals surface area contributed by atoms with Gasteiger partial charge in [-0.25, -0.2) is 0 Å². The summed E-state index contributed by atoms with van der Waals surface area (Å²) in [5, 5.41) is 0. The van der Waals surface area contributed by atoms with Crippen LogP contribution in [0.2, 0.25) is 0 Å². The van der Waals surface area contributed by atoms with Crippen molar-refractivity contribution < 1.29 is 4.74 Å². The zero-order valence-corrected chi connectivity index (χ0v) is 11.6. The lowest BCUT2D eigenvalue weighted by atomic mass is 10.2. The lowest BCUT2D eigenvalue weighted by Crippen LogP contribution is -2.05. The fraction of sp³-hybridized carbons (Fsp3) is 0.500. The van der Waals surface area contributed by atoms with Crippen LogP contribution in [0.5, 0.6) is 0 Å². The molecule has 0 aromatic heterocycles. The number of thioether (sulfide) groups is 1. The lowest BCUT2D eigenvalue weighted by Gasteiger charge is -2.06. The van der Waals surface area contributed by atoms with Crippen LogP contribution in [0.4, 0.5) is 0 Å². The van der Waals surface area contributed by atoms with Gasteiger partial charge in [-0.3, -0.25) is 0 Å². The average Bonchev–Trinajstić information content (AvgIpc) is 2.20. The van der Waals surface area contributed by atoms with Gasteiger partial charge in [0.2, 0.25) is 0 Å². The third kappa shape index (κ3) is 6.23. The van der Waals surface area contributed by atoms with Gasteiger partial charge >= 0.3 is 0 Å². The third-order valence-corrected chi connectivity index (χ3v) is 3.38. The van der Waals surface area contributed by atoms with Gasteiger partial charge in [0.25, 0.3) is 0 Å². The maximum absolute atomic E-state index is 5.47. The highest BCUT2D eigenvalue weighted by Gasteiger charge is 1.95. The van der Waals surface area contributed by atoms with Gasteiger partial charge in [0.15, 0.2) is 0 Å². The number of rotatable bonds is 6. The molecule has 0 aliphatic rings. The van der Waals surface area contributed by atoms with E-state index in [9.17, 15) is 0 Å². The molecule has 0 aliphatic carbocycles. The van der Waals surface area contributed by atoms with Crippen LogP contribution in [-0.4, -0.2) is 18.5 Å². The number of hydrogen-bond donors (Lipinski definition) is 0. The van der Waals surface area contributed by atoms with Gasteiger partial charge in [-0.2, -0.15) is 11.8 Å². The molecule has 0 spiro atoms. The molecule has 1 nitrogen and oxygen atoms in total. The molecule has 0 unspecified atom stereocenters. The van der Waals surface area contributed by atoms with Gasteiger partial charge in [0.1, 0.15) is 0 Å². The second-order valence-corrected chi connectivity index (χ2v) is 5.62. The molecule has 1 aromatic rings. The fourth-order valence-corrected chi connectivity index (χ4v) is 2.16. The first-order valence-electron chi connectivity index (χ1n) is 5.12. The molecule has 0 bridgehead atoms. The summed E-state index contributed by atoms with van der Waals surface area (Å²) < 4.78 is 6.61. The monoisotopic (exact) mass is 288 g/mol. The zero-order chi connectivity index (χ0) is 11.1. The Kier molecular flexibility index (Phi) is 6.37. The first-order valence-corrected chi connectivity index (χ1v) is 7.07. The highest BCUT2D eigenvalue weighted by Crippen LogP contribution is 2.15. The molecule has 0 aliphatic heterocycles. The van der Waals surface area contributed by atoms with Crippen LogP contribution in [-0.2, 0) is 10.5 Å². The quantitative estimate of drug-likeness (QED) is 0.729. The minimum absolute atomic E-state index is 0.346. The number of halogens is 1. The molecule has 0 heterocycles. The maximum Gasteiger partial charge on any atom is 0.0560 e. The summed E-state index contributed by atoms with van der Waals surface area (Å²) in [6.07, 6.45) is 0.346. The van der Waals surface area contributed by atoms with Crippen molar-refractivity contribution in [3.63, 3.8) is 0 Å². The van der Waals surface area contributed by atoms with Crippen LogP contribution >= 0.6 is 27.7 Å². The number of ether oxygens (including phenoxy) is 1. The van der Waals surface area contributed by atoms with E-state index in [0.717, 1.165) is 22.6 Å². The molecular weight excluding hydrogens is 272 g/mol. The molecular formula is C12H17BrOS. The van der Waals surface area contributed by atoms with Gasteiger partial charge in [-0.1, -0.05) is 28.1 Å². The Bertz CT molecular complexity index is 271. The van der Waals surface area contributed by atoms with Crippen LogP contribution in [0, 0.1) is 0 Å². The summed E-state index contributed by atoms with van der Waals surface area (Å²) >= 11 is 5.34. The molecule has 3 heteroatoms. The number of hydrogen-bond acceptors (Lipinski definition) is 2. The fourth-order valence-electron chi connectivity index (χ4n) is 1.11. The summed E-state index contributed by atoms with van der Waals surface area (Å²) in [5.74, 6) is 2.13. The molecule has 84 valence electrons. The molecule has 0 fully saturated rings. The molecule has 0 amide bonds. The second kappa shape index (κ2) is 7.31. The Morgan fingerprint density at radius 2 is 1.93 bits per heavy atom. The third-order valence-electron chi connectivity index (χ3n) is 1.86. The molecule has 0 radical (unpaired) electrons. The van der Waals surface area contributed by atoms with E-state index >= 15 is 0 Å². The van der Waals surface area contributed by atoms with Crippen molar-refractivity contribution >= 4 is 27.7 Å². The minimum atomic E-state index is 0.346. The standard InChI is InChI=1S/C12H17BrOS/c1-10(2)14-7-8-15-9-11-3-5-12(13)6-4-11/h3-6,10H,7-9H2,1-2H3. The van der Waals surface area contributed by atoms with Gasteiger partial charge in [-0.15, -0.1) is 0 Å². The summed E-state index contributed by atoms with van der Waals surface area (Å²) in [7, 11) is 0. The molecule has 15 heavy (non-hydrogen) atoms. The Labute approximate surface area is 105 Å². The van der Waals surface area contributed by atoms with Crippen molar-refractivity contribution in [1.82, 2.24) is 0 Å². The molecule has 0 saturated carbocycles. The Hall–Kier alpha value is 0.01000. The van der Waals surface area contributed by atoms with Gasteiger partial charge in [0.05, 0.1) is 12.7 Å². The Morgan fingerprint density at radius 1 is 1.27 bits per heavy atom. The molecule has 0 atom stereocenters. The van der Waals surface area contributed by atoms with E-state index < -0.39 is 0 Å². The van der Waals surface area contributed by atoms with Crippen molar-refractivity contribution in [2.75, 3.05) is 12.4 Å². The highest BCUT2D eigenvalue weighted by atomic mass is 79.9. The summed E-state index contributed by atoms with van der Waals surface area (Å²) in [6, 6.07) is 8.47. The molecule has 0 N–H and O–H groups in total. The van der Waals surface area contributed by atoms with E-state index in [1.165, 1.54) is 5.56 Å². The number of benzene rings is 1. The van der Waals surface area contributed by atoms with Crippen molar-refractivity contribution in [2.45, 2.75) is 25.7 Å². The Morgan fingerprint density at radius 3 is 2.53 bits per heavy atom. The van der Waals surface area contributed by atoms with Crippen molar-refractivity contribution in [2.24, 2.45) is 0 Å². The molecule has 0 saturated heterocycles. The topological polar surface area (TPSA) is 9.23 Å². The van der Waals surface area contributed by atoms with Crippen LogP contribution in [0.25, 0.3) is 0 Å². The molecule has 1 aromatic carbocycles. The first-order chi connectivity index (χ1) is 7.18. The van der Waals surface area contributed by atoms with E-state index in [1.54, 1.807) is 0 Å². The first kappa shape index (κ1) is 13.1. The van der Waals surface area contributed by atoms with Gasteiger partial charge in [-0.05, 0) is 31.5 Å². The van der Waals surface area contributed by atoms with Crippen LogP contribution in [0.15, 0.2) is 28.7 Å². The van der Waals surface area contributed by atoms with Crippen molar-refractivity contribution in [3.8, 4) is 0 Å². The molecule has 1 rings (SSSR count). The second-order valence-electron chi connectivity index (χ2n) is 3.60. The van der Waals surface area contributed by atoms with Crippen LogP contribution < -0.4 is 0 Å². The SMILES string of the molecule is CC(C)OCCSCc1ccc(Br)cc1. The predicted molar refractivity (Wildman–Crippen MR) is 71.4 cm³/mol. The summed E-state index contributed by atoms with van der Waals surface area (Å²) in [5.41, 5.74) is 1.37. The van der Waals surface area contributed by atoms with Gasteiger partial charge < -0.3 is 4.74 Å². The van der Waals surface area contributed by atoms with E-state index in [4.69, 9.17) is 4.74 Å². The zero-order valence-electron chi connectivity index (χ0n) is 9.20. The van der Waals surface area contributed by atoms with E-state index in [1.807, 2.05) is 11.8 Å². The largest absolute Gasteiger partial charge is 0.378 e. The van der Waals surface area contributed by atoms with Gasteiger partial charge in [0, 0.05) is 16.0 Å². The minimum Gasteiger partial charge on any atom is -0.378 e. The predicted octanol–water partition coefficient (Wildman–Crippen LogP) is 4.11. The highest BCUT2D eigenvalue weighted by molar-refractivity contribution is 9.10.